The third-order valence-electron chi connectivity index (χ3n) is 5.90. The Bertz CT molecular complexity index is 1660. The maximum absolute atomic E-state index is 13.1. The predicted molar refractivity (Wildman–Crippen MR) is 153 cm³/mol. The largest absolute Gasteiger partial charge is 0.323 e. The first-order valence-electron chi connectivity index (χ1n) is 12.1. The molecule has 4 rings (SSSR count). The summed E-state index contributed by atoms with van der Waals surface area (Å²) in [6, 6.07) is 26.4. The third kappa shape index (κ3) is 6.84. The molecule has 8 nitrogen and oxygen atoms in total. The summed E-state index contributed by atoms with van der Waals surface area (Å²) in [7, 11) is -7.72. The zero-order valence-corrected chi connectivity index (χ0v) is 23.3. The summed E-state index contributed by atoms with van der Waals surface area (Å²) in [5.74, 6) is 0. The van der Waals surface area contributed by atoms with E-state index in [1.54, 1.807) is 48.5 Å². The molecule has 0 saturated carbocycles. The van der Waals surface area contributed by atoms with E-state index in [2.05, 4.69) is 15.4 Å². The number of benzene rings is 4. The van der Waals surface area contributed by atoms with Crippen molar-refractivity contribution >= 4 is 43.0 Å². The number of para-hydroxylation sites is 1. The lowest BCUT2D eigenvalue weighted by atomic mass is 9.87. The third-order valence-corrected chi connectivity index (χ3v) is 9.08. The molecule has 0 aliphatic rings. The van der Waals surface area contributed by atoms with Crippen LogP contribution in [0.2, 0.25) is 0 Å². The molecule has 0 saturated heterocycles. The maximum atomic E-state index is 13.1. The fraction of sp³-hybridized carbons (Fsp3) is 0.138. The van der Waals surface area contributed by atoms with Gasteiger partial charge in [0.1, 0.15) is 0 Å². The number of carbonyl (C=O) groups excluding carboxylic acids is 1. The van der Waals surface area contributed by atoms with Crippen LogP contribution < -0.4 is 15.4 Å². The van der Waals surface area contributed by atoms with Crippen molar-refractivity contribution in [2.24, 2.45) is 0 Å². The van der Waals surface area contributed by atoms with Crippen LogP contribution in [0.1, 0.15) is 26.3 Å². The molecule has 0 unspecified atom stereocenters. The normalized spacial score (nSPS) is 12.0. The Kier molecular flexibility index (Phi) is 7.80. The van der Waals surface area contributed by atoms with Crippen LogP contribution in [0.4, 0.5) is 21.9 Å². The van der Waals surface area contributed by atoms with E-state index in [-0.39, 0.29) is 25.8 Å². The van der Waals surface area contributed by atoms with Crippen LogP contribution in [-0.4, -0.2) is 22.9 Å². The predicted octanol–water partition coefficient (Wildman–Crippen LogP) is 6.26. The van der Waals surface area contributed by atoms with Gasteiger partial charge in [-0.1, -0.05) is 51.1 Å². The van der Waals surface area contributed by atoms with E-state index in [1.165, 1.54) is 48.5 Å². The van der Waals surface area contributed by atoms with Gasteiger partial charge in [0, 0.05) is 17.1 Å². The molecule has 0 radical (unpaired) electrons. The molecule has 0 bridgehead atoms. The summed E-state index contributed by atoms with van der Waals surface area (Å²) in [6.07, 6.45) is 0. The van der Waals surface area contributed by atoms with E-state index in [4.69, 9.17) is 0 Å². The van der Waals surface area contributed by atoms with Gasteiger partial charge in [-0.3, -0.25) is 4.72 Å². The molecule has 2 amide bonds. The Balaban J connectivity index is 1.43. The molecule has 3 N–H and O–H groups in total. The highest BCUT2D eigenvalue weighted by atomic mass is 32.2. The summed E-state index contributed by atoms with van der Waals surface area (Å²) >= 11 is 0. The summed E-state index contributed by atoms with van der Waals surface area (Å²) in [4.78, 5) is 12.3. The number of anilines is 3. The molecular formula is C29H29N3O5S2. The van der Waals surface area contributed by atoms with Crippen molar-refractivity contribution in [3.63, 3.8) is 0 Å². The lowest BCUT2D eigenvalue weighted by molar-refractivity contribution is 0.262. The van der Waals surface area contributed by atoms with Gasteiger partial charge in [0.2, 0.25) is 9.84 Å². The molecule has 202 valence electrons. The second-order valence-electron chi connectivity index (χ2n) is 9.88. The topological polar surface area (TPSA) is 121 Å². The van der Waals surface area contributed by atoms with Gasteiger partial charge in [-0.2, -0.15) is 0 Å². The van der Waals surface area contributed by atoms with Gasteiger partial charge in [0.05, 0.1) is 14.7 Å². The first-order valence-corrected chi connectivity index (χ1v) is 15.0. The van der Waals surface area contributed by atoms with Crippen molar-refractivity contribution in [2.45, 2.75) is 40.9 Å². The number of nitrogens with one attached hydrogen (secondary N) is 3. The average molecular weight is 564 g/mol. The summed E-state index contributed by atoms with van der Waals surface area (Å²) < 4.78 is 54.3. The minimum atomic E-state index is -3.87. The number of sulfonamides is 1. The van der Waals surface area contributed by atoms with Crippen molar-refractivity contribution in [3.8, 4) is 0 Å². The Morgan fingerprint density at radius 3 is 1.49 bits per heavy atom. The van der Waals surface area contributed by atoms with E-state index >= 15 is 0 Å². The zero-order valence-electron chi connectivity index (χ0n) is 21.7. The van der Waals surface area contributed by atoms with Crippen molar-refractivity contribution in [1.29, 1.82) is 0 Å². The Morgan fingerprint density at radius 1 is 0.564 bits per heavy atom. The van der Waals surface area contributed by atoms with Crippen molar-refractivity contribution < 1.29 is 21.6 Å². The minimum absolute atomic E-state index is 0.00232. The van der Waals surface area contributed by atoms with Gasteiger partial charge in [-0.15, -0.1) is 0 Å². The molecule has 0 spiro atoms. The smallest absolute Gasteiger partial charge is 0.308 e. The van der Waals surface area contributed by atoms with E-state index in [1.807, 2.05) is 26.8 Å². The van der Waals surface area contributed by atoms with Gasteiger partial charge in [0.15, 0.2) is 0 Å². The number of hydrogen-bond acceptors (Lipinski definition) is 5. The highest BCUT2D eigenvalue weighted by Gasteiger charge is 2.20. The van der Waals surface area contributed by atoms with Crippen LogP contribution >= 0.6 is 0 Å². The Morgan fingerprint density at radius 2 is 1.00 bits per heavy atom. The van der Waals surface area contributed by atoms with E-state index < -0.39 is 25.9 Å². The molecule has 0 aliphatic heterocycles. The average Bonchev–Trinajstić information content (AvgIpc) is 2.89. The molecular weight excluding hydrogens is 534 g/mol. The fourth-order valence-electron chi connectivity index (χ4n) is 3.72. The number of rotatable bonds is 7. The van der Waals surface area contributed by atoms with Crippen molar-refractivity contribution in [3.05, 3.63) is 109 Å². The standard InChI is InChI=1S/C29H29N3O5S2/c1-29(2,3)21-9-15-27(16-10-21)39(36,37)32-24-13-19-26(20-14-24)38(34,35)25-17-11-23(12-18-25)31-28(33)30-22-7-5-4-6-8-22/h4-20,32H,1-3H3,(H2,30,31,33). The van der Waals surface area contributed by atoms with E-state index in [0.717, 1.165) is 5.56 Å². The second-order valence-corrected chi connectivity index (χ2v) is 13.5. The van der Waals surface area contributed by atoms with Crippen LogP contribution in [0.5, 0.6) is 0 Å². The fourth-order valence-corrected chi connectivity index (χ4v) is 6.04. The lowest BCUT2D eigenvalue weighted by Gasteiger charge is -2.19. The summed E-state index contributed by atoms with van der Waals surface area (Å²) in [5.41, 5.74) is 2.18. The second kappa shape index (κ2) is 10.9. The first-order chi connectivity index (χ1) is 18.3. The Labute approximate surface area is 229 Å². The molecule has 4 aromatic rings. The van der Waals surface area contributed by atoms with E-state index in [9.17, 15) is 21.6 Å². The van der Waals surface area contributed by atoms with Crippen LogP contribution in [0.25, 0.3) is 0 Å². The zero-order chi connectivity index (χ0) is 28.3. The maximum Gasteiger partial charge on any atom is 0.323 e. The number of amides is 2. The lowest BCUT2D eigenvalue weighted by Crippen LogP contribution is -2.19. The molecule has 0 fully saturated rings. The number of urea groups is 1. The van der Waals surface area contributed by atoms with Crippen LogP contribution in [0.3, 0.4) is 0 Å². The molecule has 0 aliphatic carbocycles. The quantitative estimate of drug-likeness (QED) is 0.245. The van der Waals surface area contributed by atoms with E-state index in [0.29, 0.717) is 11.4 Å². The first kappa shape index (κ1) is 27.9. The van der Waals surface area contributed by atoms with Gasteiger partial charge >= 0.3 is 6.03 Å². The van der Waals surface area contributed by atoms with Gasteiger partial charge in [0.25, 0.3) is 10.0 Å². The van der Waals surface area contributed by atoms with Crippen LogP contribution in [0.15, 0.2) is 118 Å². The molecule has 0 aromatic heterocycles. The highest BCUT2D eigenvalue weighted by molar-refractivity contribution is 7.92. The van der Waals surface area contributed by atoms with Gasteiger partial charge < -0.3 is 10.6 Å². The van der Waals surface area contributed by atoms with Gasteiger partial charge in [-0.05, 0) is 83.8 Å². The summed E-state index contributed by atoms with van der Waals surface area (Å²) in [6.45, 7) is 6.13. The minimum Gasteiger partial charge on any atom is -0.308 e. The van der Waals surface area contributed by atoms with Crippen molar-refractivity contribution in [2.75, 3.05) is 15.4 Å². The van der Waals surface area contributed by atoms with Crippen LogP contribution in [0, 0.1) is 0 Å². The number of carbonyl (C=O) groups is 1. The Hall–Kier alpha value is -4.15. The molecule has 0 heterocycles. The molecule has 39 heavy (non-hydrogen) atoms. The van der Waals surface area contributed by atoms with Gasteiger partial charge in [-0.25, -0.2) is 21.6 Å². The molecule has 0 atom stereocenters. The molecule has 4 aromatic carbocycles. The highest BCUT2D eigenvalue weighted by Crippen LogP contribution is 2.26. The monoisotopic (exact) mass is 563 g/mol. The van der Waals surface area contributed by atoms with Crippen LogP contribution in [-0.2, 0) is 25.3 Å². The van der Waals surface area contributed by atoms with Crippen molar-refractivity contribution in [1.82, 2.24) is 0 Å². The number of sulfone groups is 1. The summed E-state index contributed by atoms with van der Waals surface area (Å²) in [5, 5.41) is 5.34. The molecule has 10 heteroatoms. The SMILES string of the molecule is CC(C)(C)c1ccc(S(=O)(=O)Nc2ccc(S(=O)(=O)c3ccc(NC(=O)Nc4ccccc4)cc3)cc2)cc1. The number of hydrogen-bond donors (Lipinski definition) is 3.